The minimum atomic E-state index is -0.0910. The molecule has 0 radical (unpaired) electrons. The van der Waals surface area contributed by atoms with Gasteiger partial charge in [-0.15, -0.1) is 11.3 Å². The van der Waals surface area contributed by atoms with E-state index >= 15 is 0 Å². The first-order valence-electron chi connectivity index (χ1n) is 7.37. The summed E-state index contributed by atoms with van der Waals surface area (Å²) in [5.74, 6) is 1.23. The standard InChI is InChI=1S/C15H19N5O2S/c1-19(2)12-8-16-9-13(17-12)22-11-5-6-20(10-11)15(21)18-14-4-3-7-23-14/h3-4,7-9,11H,5-6,10H2,1-2H3,(H,18,21). The molecule has 3 rings (SSSR count). The summed E-state index contributed by atoms with van der Waals surface area (Å²) < 4.78 is 5.86. The largest absolute Gasteiger partial charge is 0.471 e. The summed E-state index contributed by atoms with van der Waals surface area (Å²) in [6, 6.07) is 3.70. The van der Waals surface area contributed by atoms with E-state index in [1.54, 1.807) is 17.3 Å². The van der Waals surface area contributed by atoms with Crippen LogP contribution in [0.15, 0.2) is 29.9 Å². The molecule has 1 N–H and O–H groups in total. The van der Waals surface area contributed by atoms with Gasteiger partial charge in [0.15, 0.2) is 5.82 Å². The Bertz CT molecular complexity index is 662. The summed E-state index contributed by atoms with van der Waals surface area (Å²) in [6.45, 7) is 1.22. The molecule has 1 fully saturated rings. The van der Waals surface area contributed by atoms with E-state index in [-0.39, 0.29) is 12.1 Å². The molecule has 0 bridgehead atoms. The van der Waals surface area contributed by atoms with Crippen molar-refractivity contribution < 1.29 is 9.53 Å². The normalized spacial score (nSPS) is 17.1. The van der Waals surface area contributed by atoms with Crippen LogP contribution in [0.2, 0.25) is 0 Å². The van der Waals surface area contributed by atoms with Crippen molar-refractivity contribution >= 4 is 28.2 Å². The minimum absolute atomic E-state index is 0.0594. The fourth-order valence-electron chi connectivity index (χ4n) is 2.32. The molecule has 122 valence electrons. The summed E-state index contributed by atoms with van der Waals surface area (Å²) in [7, 11) is 3.81. The number of urea groups is 1. The van der Waals surface area contributed by atoms with Crippen molar-refractivity contribution in [2.24, 2.45) is 0 Å². The summed E-state index contributed by atoms with van der Waals surface area (Å²) in [6.07, 6.45) is 4.01. The van der Waals surface area contributed by atoms with E-state index in [0.717, 1.165) is 17.2 Å². The topological polar surface area (TPSA) is 70.6 Å². The van der Waals surface area contributed by atoms with Crippen molar-refractivity contribution in [1.82, 2.24) is 14.9 Å². The number of hydrogen-bond donors (Lipinski definition) is 1. The Labute approximate surface area is 138 Å². The van der Waals surface area contributed by atoms with Crippen LogP contribution >= 0.6 is 11.3 Å². The molecule has 2 aromatic rings. The molecule has 8 heteroatoms. The highest BCUT2D eigenvalue weighted by atomic mass is 32.1. The van der Waals surface area contributed by atoms with E-state index in [4.69, 9.17) is 4.74 Å². The van der Waals surface area contributed by atoms with Gasteiger partial charge >= 0.3 is 6.03 Å². The van der Waals surface area contributed by atoms with Gasteiger partial charge in [-0.25, -0.2) is 4.79 Å². The average Bonchev–Trinajstić information content (AvgIpc) is 3.19. The Morgan fingerprint density at radius 1 is 1.48 bits per heavy atom. The number of rotatable bonds is 4. The third-order valence-electron chi connectivity index (χ3n) is 3.53. The molecule has 3 heterocycles. The predicted octanol–water partition coefficient (Wildman–Crippen LogP) is 2.29. The van der Waals surface area contributed by atoms with Gasteiger partial charge in [0.25, 0.3) is 0 Å². The first kappa shape index (κ1) is 15.5. The molecule has 0 spiro atoms. The summed E-state index contributed by atoms with van der Waals surface area (Å²) in [5, 5.41) is 5.67. The Morgan fingerprint density at radius 3 is 3.09 bits per heavy atom. The van der Waals surface area contributed by atoms with Crippen molar-refractivity contribution in [3.8, 4) is 5.88 Å². The maximum Gasteiger partial charge on any atom is 0.322 e. The number of hydrogen-bond acceptors (Lipinski definition) is 6. The first-order chi connectivity index (χ1) is 11.1. The second-order valence-corrected chi connectivity index (χ2v) is 6.44. The van der Waals surface area contributed by atoms with Crippen LogP contribution in [-0.4, -0.2) is 54.2 Å². The molecule has 1 aliphatic rings. The highest BCUT2D eigenvalue weighted by molar-refractivity contribution is 7.14. The van der Waals surface area contributed by atoms with Gasteiger partial charge in [-0.2, -0.15) is 4.98 Å². The smallest absolute Gasteiger partial charge is 0.322 e. The van der Waals surface area contributed by atoms with Crippen molar-refractivity contribution in [2.45, 2.75) is 12.5 Å². The number of carbonyl (C=O) groups excluding carboxylic acids is 1. The fraction of sp³-hybridized carbons (Fsp3) is 0.400. The van der Waals surface area contributed by atoms with Gasteiger partial charge in [0.2, 0.25) is 5.88 Å². The summed E-state index contributed by atoms with van der Waals surface area (Å²) >= 11 is 1.50. The molecule has 1 aliphatic heterocycles. The van der Waals surface area contributed by atoms with E-state index in [9.17, 15) is 4.79 Å². The molecule has 0 saturated carbocycles. The van der Waals surface area contributed by atoms with Gasteiger partial charge in [0.05, 0.1) is 23.9 Å². The van der Waals surface area contributed by atoms with Gasteiger partial charge in [-0.3, -0.25) is 10.3 Å². The lowest BCUT2D eigenvalue weighted by Crippen LogP contribution is -2.34. The second-order valence-electron chi connectivity index (χ2n) is 5.49. The van der Waals surface area contributed by atoms with Crippen LogP contribution in [0, 0.1) is 0 Å². The predicted molar refractivity (Wildman–Crippen MR) is 90.3 cm³/mol. The highest BCUT2D eigenvalue weighted by Gasteiger charge is 2.28. The average molecular weight is 333 g/mol. The van der Waals surface area contributed by atoms with E-state index in [1.165, 1.54) is 11.3 Å². The molecule has 1 atom stereocenters. The van der Waals surface area contributed by atoms with E-state index in [0.29, 0.717) is 19.0 Å². The highest BCUT2D eigenvalue weighted by Crippen LogP contribution is 2.20. The molecule has 0 aromatic carbocycles. The maximum atomic E-state index is 12.2. The zero-order valence-electron chi connectivity index (χ0n) is 13.1. The number of carbonyl (C=O) groups is 1. The molecule has 0 aliphatic carbocycles. The Balaban J connectivity index is 1.55. The lowest BCUT2D eigenvalue weighted by atomic mass is 10.3. The number of likely N-dealkylation sites (tertiary alicyclic amines) is 1. The van der Waals surface area contributed by atoms with Crippen LogP contribution in [0.1, 0.15) is 6.42 Å². The molecule has 2 aromatic heterocycles. The Morgan fingerprint density at radius 2 is 2.35 bits per heavy atom. The Hall–Kier alpha value is -2.35. The van der Waals surface area contributed by atoms with Gasteiger partial charge in [-0.05, 0) is 17.5 Å². The first-order valence-corrected chi connectivity index (χ1v) is 8.25. The number of anilines is 2. The van der Waals surface area contributed by atoms with Gasteiger partial charge < -0.3 is 14.5 Å². The van der Waals surface area contributed by atoms with Gasteiger partial charge in [-0.1, -0.05) is 0 Å². The number of ether oxygens (including phenoxy) is 1. The SMILES string of the molecule is CN(C)c1cncc(OC2CCN(C(=O)Nc3cccs3)C2)n1. The van der Waals surface area contributed by atoms with E-state index < -0.39 is 0 Å². The molecular formula is C15H19N5O2S. The van der Waals surface area contributed by atoms with Crippen LogP contribution in [-0.2, 0) is 0 Å². The molecule has 2 amide bonds. The molecule has 23 heavy (non-hydrogen) atoms. The van der Waals surface area contributed by atoms with Crippen LogP contribution in [0.25, 0.3) is 0 Å². The second kappa shape index (κ2) is 6.82. The number of amides is 2. The quantitative estimate of drug-likeness (QED) is 0.929. The van der Waals surface area contributed by atoms with Crippen LogP contribution in [0.5, 0.6) is 5.88 Å². The number of nitrogens with one attached hydrogen (secondary N) is 1. The van der Waals surface area contributed by atoms with Crippen molar-refractivity contribution in [1.29, 1.82) is 0 Å². The molecule has 7 nitrogen and oxygen atoms in total. The molecule has 1 saturated heterocycles. The van der Waals surface area contributed by atoms with E-state index in [2.05, 4.69) is 15.3 Å². The lowest BCUT2D eigenvalue weighted by molar-refractivity contribution is 0.189. The maximum absolute atomic E-state index is 12.2. The summed E-state index contributed by atoms with van der Waals surface area (Å²) in [4.78, 5) is 24.3. The Kier molecular flexibility index (Phi) is 4.61. The minimum Gasteiger partial charge on any atom is -0.471 e. The number of thiophene rings is 1. The molecular weight excluding hydrogens is 314 g/mol. The number of aromatic nitrogens is 2. The molecule has 1 unspecified atom stereocenters. The van der Waals surface area contributed by atoms with Crippen LogP contribution < -0.4 is 15.0 Å². The monoisotopic (exact) mass is 333 g/mol. The third kappa shape index (κ3) is 3.89. The number of nitrogens with zero attached hydrogens (tertiary/aromatic N) is 4. The lowest BCUT2D eigenvalue weighted by Gasteiger charge is -2.17. The zero-order chi connectivity index (χ0) is 16.2. The van der Waals surface area contributed by atoms with Crippen LogP contribution in [0.3, 0.4) is 0 Å². The third-order valence-corrected chi connectivity index (χ3v) is 4.31. The fourth-order valence-corrected chi connectivity index (χ4v) is 2.93. The van der Waals surface area contributed by atoms with Gasteiger partial charge in [0, 0.05) is 27.1 Å². The van der Waals surface area contributed by atoms with Crippen molar-refractivity contribution in [3.63, 3.8) is 0 Å². The van der Waals surface area contributed by atoms with Crippen LogP contribution in [0.4, 0.5) is 15.6 Å². The van der Waals surface area contributed by atoms with Crippen molar-refractivity contribution in [3.05, 3.63) is 29.9 Å². The van der Waals surface area contributed by atoms with Gasteiger partial charge in [0.1, 0.15) is 6.10 Å². The zero-order valence-corrected chi connectivity index (χ0v) is 13.9. The van der Waals surface area contributed by atoms with E-state index in [1.807, 2.05) is 36.5 Å². The van der Waals surface area contributed by atoms with Crippen molar-refractivity contribution in [2.75, 3.05) is 37.4 Å². The summed E-state index contributed by atoms with van der Waals surface area (Å²) in [5.41, 5.74) is 0.